The van der Waals surface area contributed by atoms with Crippen LogP contribution in [-0.4, -0.2) is 22.3 Å². The van der Waals surface area contributed by atoms with E-state index in [1.54, 1.807) is 0 Å². The van der Waals surface area contributed by atoms with E-state index in [1.807, 2.05) is 54.7 Å². The molecule has 0 atom stereocenters. The molecule has 25 heavy (non-hydrogen) atoms. The summed E-state index contributed by atoms with van der Waals surface area (Å²) in [5.74, 6) is 0.429. The average Bonchev–Trinajstić information content (AvgIpc) is 3.03. The smallest absolute Gasteiger partial charge is 0.253 e. The van der Waals surface area contributed by atoms with Gasteiger partial charge in [-0.05, 0) is 35.7 Å². The van der Waals surface area contributed by atoms with Crippen LogP contribution >= 0.6 is 23.2 Å². The largest absolute Gasteiger partial charge is 0.489 e. The molecule has 0 saturated carbocycles. The lowest BCUT2D eigenvalue weighted by Gasteiger charge is -2.08. The monoisotopic (exact) mass is 376 g/mol. The van der Waals surface area contributed by atoms with Gasteiger partial charge in [0, 0.05) is 23.6 Å². The second-order valence-electron chi connectivity index (χ2n) is 5.64. The van der Waals surface area contributed by atoms with Crippen LogP contribution in [-0.2, 0) is 17.8 Å². The third kappa shape index (κ3) is 4.68. The van der Waals surface area contributed by atoms with Crippen molar-refractivity contribution in [1.82, 2.24) is 10.3 Å². The number of nitrogens with one attached hydrogen (secondary N) is 2. The highest BCUT2D eigenvalue weighted by Gasteiger charge is 2.11. The summed E-state index contributed by atoms with van der Waals surface area (Å²) in [4.78, 5) is 13.6. The summed E-state index contributed by atoms with van der Waals surface area (Å²) in [7, 11) is 0. The molecule has 2 N–H and O–H groups in total. The maximum Gasteiger partial charge on any atom is 0.253 e. The van der Waals surface area contributed by atoms with E-state index in [0.29, 0.717) is 19.6 Å². The molecule has 0 spiro atoms. The van der Waals surface area contributed by atoms with Gasteiger partial charge >= 0.3 is 0 Å². The number of ether oxygens (including phenoxy) is 1. The van der Waals surface area contributed by atoms with Crippen molar-refractivity contribution in [1.29, 1.82) is 0 Å². The van der Waals surface area contributed by atoms with Gasteiger partial charge in [-0.1, -0.05) is 53.5 Å². The molecule has 0 aliphatic heterocycles. The van der Waals surface area contributed by atoms with Gasteiger partial charge in [-0.15, -0.1) is 0 Å². The van der Waals surface area contributed by atoms with Crippen LogP contribution in [0, 0.1) is 0 Å². The van der Waals surface area contributed by atoms with Gasteiger partial charge in [0.15, 0.2) is 4.84 Å². The number of rotatable bonds is 7. The van der Waals surface area contributed by atoms with Crippen LogP contribution in [0.3, 0.4) is 0 Å². The molecular formula is C19H18Cl2N2O2. The Morgan fingerprint density at radius 1 is 1.16 bits per heavy atom. The number of amides is 1. The number of benzene rings is 2. The van der Waals surface area contributed by atoms with E-state index in [9.17, 15) is 4.79 Å². The van der Waals surface area contributed by atoms with Gasteiger partial charge in [-0.3, -0.25) is 4.79 Å². The molecule has 3 aromatic rings. The van der Waals surface area contributed by atoms with E-state index in [-0.39, 0.29) is 5.91 Å². The summed E-state index contributed by atoms with van der Waals surface area (Å²) < 4.78 is 5.88. The number of hydrogen-bond acceptors (Lipinski definition) is 2. The van der Waals surface area contributed by atoms with Crippen molar-refractivity contribution in [3.05, 3.63) is 65.9 Å². The zero-order chi connectivity index (χ0) is 17.6. The minimum Gasteiger partial charge on any atom is -0.489 e. The molecule has 6 heteroatoms. The van der Waals surface area contributed by atoms with Crippen LogP contribution in [0.15, 0.2) is 54.7 Å². The number of H-pyrrole nitrogens is 1. The van der Waals surface area contributed by atoms with Gasteiger partial charge in [-0.2, -0.15) is 0 Å². The van der Waals surface area contributed by atoms with Crippen molar-refractivity contribution >= 4 is 40.0 Å². The third-order valence-corrected chi connectivity index (χ3v) is 4.28. The van der Waals surface area contributed by atoms with Gasteiger partial charge in [0.2, 0.25) is 0 Å². The molecule has 0 radical (unpaired) electrons. The predicted molar refractivity (Wildman–Crippen MR) is 101 cm³/mol. The molecule has 0 saturated heterocycles. The van der Waals surface area contributed by atoms with Crippen LogP contribution in [0.25, 0.3) is 10.9 Å². The molecule has 0 bridgehead atoms. The maximum atomic E-state index is 11.4. The number of halogens is 2. The summed E-state index contributed by atoms with van der Waals surface area (Å²) in [5, 5.41) is 3.78. The van der Waals surface area contributed by atoms with Crippen molar-refractivity contribution in [2.75, 3.05) is 6.54 Å². The van der Waals surface area contributed by atoms with Crippen LogP contribution in [0.4, 0.5) is 0 Å². The Morgan fingerprint density at radius 2 is 1.96 bits per heavy atom. The Hall–Kier alpha value is -2.17. The molecule has 2 aromatic carbocycles. The molecule has 0 unspecified atom stereocenters. The molecule has 3 rings (SSSR count). The van der Waals surface area contributed by atoms with Gasteiger partial charge < -0.3 is 15.0 Å². The molecule has 1 heterocycles. The number of alkyl halides is 2. The molecular weight excluding hydrogens is 359 g/mol. The quantitative estimate of drug-likeness (QED) is 0.606. The first kappa shape index (κ1) is 17.6. The summed E-state index contributed by atoms with van der Waals surface area (Å²) >= 11 is 11.0. The summed E-state index contributed by atoms with van der Waals surface area (Å²) in [6, 6.07) is 16.0. The third-order valence-electron chi connectivity index (χ3n) is 3.88. The fourth-order valence-corrected chi connectivity index (χ4v) is 2.75. The van der Waals surface area contributed by atoms with Gasteiger partial charge in [0.05, 0.1) is 0 Å². The zero-order valence-electron chi connectivity index (χ0n) is 13.5. The fraction of sp³-hybridized carbons (Fsp3) is 0.211. The van der Waals surface area contributed by atoms with Gasteiger partial charge in [0.1, 0.15) is 12.4 Å². The highest BCUT2D eigenvalue weighted by Crippen LogP contribution is 2.24. The summed E-state index contributed by atoms with van der Waals surface area (Å²) in [6.45, 7) is 0.992. The molecule has 0 fully saturated rings. The lowest BCUT2D eigenvalue weighted by molar-refractivity contribution is -0.119. The van der Waals surface area contributed by atoms with Crippen molar-refractivity contribution in [3.8, 4) is 5.75 Å². The molecule has 4 nitrogen and oxygen atoms in total. The number of carbonyl (C=O) groups is 1. The van der Waals surface area contributed by atoms with E-state index >= 15 is 0 Å². The molecule has 1 aromatic heterocycles. The Balaban J connectivity index is 1.66. The van der Waals surface area contributed by atoms with Crippen LogP contribution in [0.5, 0.6) is 5.75 Å². The minimum atomic E-state index is -1.04. The van der Waals surface area contributed by atoms with Crippen molar-refractivity contribution in [2.45, 2.75) is 17.9 Å². The lowest BCUT2D eigenvalue weighted by atomic mass is 10.1. The average molecular weight is 377 g/mol. The number of aromatic amines is 1. The van der Waals surface area contributed by atoms with Crippen molar-refractivity contribution < 1.29 is 9.53 Å². The lowest BCUT2D eigenvalue weighted by Crippen LogP contribution is -2.30. The van der Waals surface area contributed by atoms with E-state index in [4.69, 9.17) is 27.9 Å². The van der Waals surface area contributed by atoms with E-state index in [1.165, 1.54) is 0 Å². The second-order valence-corrected chi connectivity index (χ2v) is 6.73. The Bertz CT molecular complexity index is 847. The van der Waals surface area contributed by atoms with Crippen LogP contribution in [0.2, 0.25) is 0 Å². The topological polar surface area (TPSA) is 54.1 Å². The molecule has 0 aliphatic carbocycles. The predicted octanol–water partition coefficient (Wildman–Crippen LogP) is 4.21. The van der Waals surface area contributed by atoms with E-state index in [2.05, 4.69) is 10.3 Å². The minimum absolute atomic E-state index is 0.380. The summed E-state index contributed by atoms with van der Waals surface area (Å²) in [5.41, 5.74) is 3.25. The normalized spacial score (nSPS) is 11.0. The van der Waals surface area contributed by atoms with Crippen LogP contribution < -0.4 is 10.1 Å². The van der Waals surface area contributed by atoms with Crippen molar-refractivity contribution in [3.63, 3.8) is 0 Å². The number of carbonyl (C=O) groups excluding carboxylic acids is 1. The zero-order valence-corrected chi connectivity index (χ0v) is 15.0. The van der Waals surface area contributed by atoms with E-state index in [0.717, 1.165) is 27.8 Å². The fourth-order valence-electron chi connectivity index (χ4n) is 2.59. The summed E-state index contributed by atoms with van der Waals surface area (Å²) in [6.07, 6.45) is 2.62. The number of fused-ring (bicyclic) bond motifs is 1. The first-order valence-corrected chi connectivity index (χ1v) is 8.83. The standard InChI is InChI=1S/C19H18Cl2N2O2/c20-18(21)19(24)22-9-8-14-11-23-17-7-6-15(10-16(14)17)25-12-13-4-2-1-3-5-13/h1-7,10-11,18,23H,8-9,12H2,(H,22,24). The van der Waals surface area contributed by atoms with E-state index < -0.39 is 4.84 Å². The number of aromatic nitrogens is 1. The highest BCUT2D eigenvalue weighted by molar-refractivity contribution is 6.53. The second kappa shape index (κ2) is 8.28. The van der Waals surface area contributed by atoms with Gasteiger partial charge in [-0.25, -0.2) is 0 Å². The molecule has 130 valence electrons. The Labute approximate surface area is 156 Å². The molecule has 0 aliphatic rings. The molecule has 1 amide bonds. The Morgan fingerprint density at radius 3 is 2.72 bits per heavy atom. The maximum absolute atomic E-state index is 11.4. The Kier molecular flexibility index (Phi) is 5.84. The SMILES string of the molecule is O=C(NCCc1c[nH]c2ccc(OCc3ccccc3)cc12)C(Cl)Cl. The van der Waals surface area contributed by atoms with Gasteiger partial charge in [0.25, 0.3) is 5.91 Å². The van der Waals surface area contributed by atoms with Crippen molar-refractivity contribution in [2.24, 2.45) is 0 Å². The first-order chi connectivity index (χ1) is 12.1. The highest BCUT2D eigenvalue weighted by atomic mass is 35.5. The first-order valence-electron chi connectivity index (χ1n) is 7.96. The number of hydrogen-bond donors (Lipinski definition) is 2. The van der Waals surface area contributed by atoms with Crippen LogP contribution in [0.1, 0.15) is 11.1 Å².